The fourth-order valence-electron chi connectivity index (χ4n) is 1.68. The van der Waals surface area contributed by atoms with Crippen molar-refractivity contribution in [2.24, 2.45) is 10.2 Å². The number of methoxy groups -OCH3 is 1. The van der Waals surface area contributed by atoms with Crippen LogP contribution in [0.3, 0.4) is 0 Å². The fourth-order valence-corrected chi connectivity index (χ4v) is 2.32. The molecule has 5 N–H and O–H groups in total. The van der Waals surface area contributed by atoms with Crippen molar-refractivity contribution in [2.45, 2.75) is 4.90 Å². The highest BCUT2D eigenvalue weighted by atomic mass is 32.2. The molecule has 2 aromatic carbocycles. The van der Waals surface area contributed by atoms with Crippen molar-refractivity contribution in [1.29, 1.82) is 0 Å². The number of nitrogen functional groups attached to an aromatic ring is 2. The van der Waals surface area contributed by atoms with Gasteiger partial charge >= 0.3 is 0 Å². The lowest BCUT2D eigenvalue weighted by Gasteiger charge is -2.05. The zero-order valence-electron chi connectivity index (χ0n) is 11.6. The van der Waals surface area contributed by atoms with Crippen LogP contribution >= 0.6 is 0 Å². The summed E-state index contributed by atoms with van der Waals surface area (Å²) in [5.74, 6) is 0.263. The maximum absolute atomic E-state index is 11.4. The molecular formula is C13H14N4O4S. The molecule has 0 saturated heterocycles. The highest BCUT2D eigenvalue weighted by Gasteiger charge is 2.17. The number of anilines is 2. The van der Waals surface area contributed by atoms with Crippen LogP contribution in [-0.4, -0.2) is 20.1 Å². The molecule has 2 rings (SSSR count). The lowest BCUT2D eigenvalue weighted by Crippen LogP contribution is -1.99. The zero-order valence-corrected chi connectivity index (χ0v) is 12.4. The number of ether oxygens (including phenoxy) is 1. The average molecular weight is 322 g/mol. The van der Waals surface area contributed by atoms with E-state index in [1.165, 1.54) is 25.3 Å². The Bertz CT molecular complexity index is 834. The zero-order chi connectivity index (χ0) is 16.3. The molecule has 0 amide bonds. The summed E-state index contributed by atoms with van der Waals surface area (Å²) in [6, 6.07) is 8.64. The van der Waals surface area contributed by atoms with Crippen LogP contribution in [0.5, 0.6) is 5.75 Å². The number of nitrogens with zero attached hydrogens (tertiary/aromatic N) is 2. The van der Waals surface area contributed by atoms with E-state index in [1.807, 2.05) is 0 Å². The van der Waals surface area contributed by atoms with Crippen molar-refractivity contribution in [1.82, 2.24) is 0 Å². The summed E-state index contributed by atoms with van der Waals surface area (Å²) in [4.78, 5) is -0.412. The molecule has 0 aromatic heterocycles. The third-order valence-corrected chi connectivity index (χ3v) is 3.64. The maximum Gasteiger partial charge on any atom is 0.296 e. The predicted molar refractivity (Wildman–Crippen MR) is 82.3 cm³/mol. The maximum atomic E-state index is 11.4. The van der Waals surface area contributed by atoms with Crippen molar-refractivity contribution >= 4 is 32.9 Å². The fraction of sp³-hybridized carbons (Fsp3) is 0.0769. The van der Waals surface area contributed by atoms with Crippen molar-refractivity contribution in [2.75, 3.05) is 18.6 Å². The van der Waals surface area contributed by atoms with E-state index in [9.17, 15) is 13.0 Å². The molecule has 0 radical (unpaired) electrons. The quantitative estimate of drug-likeness (QED) is 0.449. The minimum absolute atomic E-state index is 0.0421. The van der Waals surface area contributed by atoms with Crippen molar-refractivity contribution in [3.05, 3.63) is 36.4 Å². The van der Waals surface area contributed by atoms with E-state index in [0.29, 0.717) is 17.1 Å². The Balaban J connectivity index is 2.47. The summed E-state index contributed by atoms with van der Waals surface area (Å²) in [7, 11) is -3.10. The molecule has 0 spiro atoms. The van der Waals surface area contributed by atoms with E-state index in [1.54, 1.807) is 12.1 Å². The van der Waals surface area contributed by atoms with Crippen molar-refractivity contribution < 1.29 is 17.7 Å². The molecule has 0 unspecified atom stereocenters. The van der Waals surface area contributed by atoms with Gasteiger partial charge in [0.25, 0.3) is 10.1 Å². The molecule has 0 aliphatic rings. The molecule has 8 nitrogen and oxygen atoms in total. The molecular weight excluding hydrogens is 308 g/mol. The topological polar surface area (TPSA) is 140 Å². The Hall–Kier alpha value is -2.65. The number of benzene rings is 2. The Morgan fingerprint density at radius 1 is 1.05 bits per heavy atom. The molecule has 0 aliphatic heterocycles. The van der Waals surface area contributed by atoms with Crippen LogP contribution in [0.2, 0.25) is 0 Å². The molecule has 0 heterocycles. The van der Waals surface area contributed by atoms with Gasteiger partial charge in [0, 0.05) is 11.8 Å². The molecule has 0 atom stereocenters. The normalized spacial score (nSPS) is 11.7. The number of nitrogens with two attached hydrogens (primary N) is 2. The molecule has 9 heteroatoms. The lowest BCUT2D eigenvalue weighted by molar-refractivity contribution is 0.412. The molecule has 0 aliphatic carbocycles. The molecule has 116 valence electrons. The van der Waals surface area contributed by atoms with Gasteiger partial charge in [-0.3, -0.25) is 4.55 Å². The summed E-state index contributed by atoms with van der Waals surface area (Å²) in [6.45, 7) is 0. The van der Waals surface area contributed by atoms with Crippen LogP contribution in [0, 0.1) is 0 Å². The van der Waals surface area contributed by atoms with Gasteiger partial charge in [0.15, 0.2) is 0 Å². The predicted octanol–water partition coefficient (Wildman–Crippen LogP) is 2.52. The number of azo groups is 1. The van der Waals surface area contributed by atoms with E-state index in [0.717, 1.165) is 6.07 Å². The van der Waals surface area contributed by atoms with Crippen LogP contribution in [-0.2, 0) is 10.1 Å². The third kappa shape index (κ3) is 3.51. The SMILES string of the molecule is COc1ccc(N=Nc2ccc(N)cc2N)c(S(=O)(=O)O)c1. The summed E-state index contributed by atoms with van der Waals surface area (Å²) >= 11 is 0. The summed E-state index contributed by atoms with van der Waals surface area (Å²) < 4.78 is 37.0. The minimum Gasteiger partial charge on any atom is -0.497 e. The van der Waals surface area contributed by atoms with Crippen molar-refractivity contribution in [3.8, 4) is 5.75 Å². The van der Waals surface area contributed by atoms with Gasteiger partial charge in [0.1, 0.15) is 22.0 Å². The highest BCUT2D eigenvalue weighted by Crippen LogP contribution is 2.31. The van der Waals surface area contributed by atoms with Gasteiger partial charge in [-0.2, -0.15) is 8.42 Å². The van der Waals surface area contributed by atoms with Crippen LogP contribution in [0.15, 0.2) is 51.5 Å². The van der Waals surface area contributed by atoms with E-state index >= 15 is 0 Å². The first-order valence-electron chi connectivity index (χ1n) is 6.03. The molecule has 22 heavy (non-hydrogen) atoms. The van der Waals surface area contributed by atoms with Gasteiger partial charge in [-0.15, -0.1) is 10.2 Å². The molecule has 0 fully saturated rings. The highest BCUT2D eigenvalue weighted by molar-refractivity contribution is 7.86. The van der Waals surface area contributed by atoms with E-state index in [2.05, 4.69) is 10.2 Å². The Kier molecular flexibility index (Phi) is 4.29. The molecule has 2 aromatic rings. The largest absolute Gasteiger partial charge is 0.497 e. The van der Waals surface area contributed by atoms with E-state index in [4.69, 9.17) is 16.2 Å². The first-order valence-corrected chi connectivity index (χ1v) is 7.47. The van der Waals surface area contributed by atoms with Crippen LogP contribution < -0.4 is 16.2 Å². The average Bonchev–Trinajstić information content (AvgIpc) is 2.45. The van der Waals surface area contributed by atoms with Gasteiger partial charge in [-0.25, -0.2) is 0 Å². The summed E-state index contributed by atoms with van der Waals surface area (Å²) in [5, 5.41) is 7.69. The minimum atomic E-state index is -4.47. The summed E-state index contributed by atoms with van der Waals surface area (Å²) in [5.41, 5.74) is 12.4. The van der Waals surface area contributed by atoms with Crippen LogP contribution in [0.25, 0.3) is 0 Å². The van der Waals surface area contributed by atoms with Crippen molar-refractivity contribution in [3.63, 3.8) is 0 Å². The van der Waals surface area contributed by atoms with Gasteiger partial charge < -0.3 is 16.2 Å². The second-order valence-corrected chi connectivity index (χ2v) is 5.72. The molecule has 0 saturated carbocycles. The first kappa shape index (κ1) is 15.7. The number of hydrogen-bond donors (Lipinski definition) is 3. The van der Waals surface area contributed by atoms with Crippen LogP contribution in [0.4, 0.5) is 22.7 Å². The second-order valence-electron chi connectivity index (χ2n) is 4.33. The van der Waals surface area contributed by atoms with E-state index in [-0.39, 0.29) is 11.4 Å². The van der Waals surface area contributed by atoms with E-state index < -0.39 is 15.0 Å². The standard InChI is InChI=1S/C13H14N4O4S/c1-21-9-3-5-12(13(7-9)22(18,19)20)17-16-11-4-2-8(14)6-10(11)15/h2-7H,14-15H2,1H3,(H,18,19,20). The molecule has 0 bridgehead atoms. The first-order chi connectivity index (χ1) is 10.3. The second kappa shape index (κ2) is 6.00. The number of hydrogen-bond acceptors (Lipinski definition) is 7. The Labute approximate surface area is 127 Å². The Morgan fingerprint density at radius 3 is 2.27 bits per heavy atom. The number of rotatable bonds is 4. The summed E-state index contributed by atoms with van der Waals surface area (Å²) in [6.07, 6.45) is 0. The van der Waals surface area contributed by atoms with Gasteiger partial charge in [0.05, 0.1) is 12.8 Å². The monoisotopic (exact) mass is 322 g/mol. The smallest absolute Gasteiger partial charge is 0.296 e. The van der Waals surface area contributed by atoms with Gasteiger partial charge in [-0.1, -0.05) is 0 Å². The van der Waals surface area contributed by atoms with Gasteiger partial charge in [-0.05, 0) is 30.3 Å². The third-order valence-electron chi connectivity index (χ3n) is 2.76. The van der Waals surface area contributed by atoms with Crippen LogP contribution in [0.1, 0.15) is 0 Å². The lowest BCUT2D eigenvalue weighted by atomic mass is 10.2. The Morgan fingerprint density at radius 2 is 1.68 bits per heavy atom. The van der Waals surface area contributed by atoms with Gasteiger partial charge in [0.2, 0.25) is 0 Å².